The molecule has 0 unspecified atom stereocenters. The maximum Gasteiger partial charge on any atom is 0.278 e. The van der Waals surface area contributed by atoms with E-state index in [0.29, 0.717) is 5.56 Å². The number of pyridine rings is 1. The van der Waals surface area contributed by atoms with E-state index in [1.807, 2.05) is 30.4 Å². The van der Waals surface area contributed by atoms with Gasteiger partial charge >= 0.3 is 0 Å². The van der Waals surface area contributed by atoms with Crippen molar-refractivity contribution in [2.24, 2.45) is 0 Å². The normalized spacial score (nSPS) is 14.2. The number of hydrogen-bond donors (Lipinski definition) is 0. The largest absolute Gasteiger partial charge is 0.278 e. The van der Waals surface area contributed by atoms with Crippen LogP contribution in [0.15, 0.2) is 61.1 Å². The lowest BCUT2D eigenvalue weighted by Gasteiger charge is -2.01. The van der Waals surface area contributed by atoms with E-state index < -0.39 is 0 Å². The van der Waals surface area contributed by atoms with Gasteiger partial charge in [-0.05, 0) is 18.2 Å². The van der Waals surface area contributed by atoms with Crippen LogP contribution in [0.4, 0.5) is 0 Å². The zero-order chi connectivity index (χ0) is 12.4. The lowest BCUT2D eigenvalue weighted by Crippen LogP contribution is -2.13. The molecule has 3 rings (SSSR count). The second kappa shape index (κ2) is 4.41. The summed E-state index contributed by atoms with van der Waals surface area (Å²) in [6.07, 6.45) is 12.9. The van der Waals surface area contributed by atoms with Gasteiger partial charge < -0.3 is 0 Å². The van der Waals surface area contributed by atoms with Crippen molar-refractivity contribution in [1.82, 2.24) is 14.8 Å². The Morgan fingerprint density at radius 1 is 1.11 bits per heavy atom. The average molecular weight is 237 g/mol. The van der Waals surface area contributed by atoms with Crippen LogP contribution >= 0.6 is 0 Å². The third-order valence-corrected chi connectivity index (χ3v) is 2.83. The van der Waals surface area contributed by atoms with E-state index in [1.54, 1.807) is 30.7 Å². The molecule has 0 atom stereocenters. The Balaban J connectivity index is 1.87. The summed E-state index contributed by atoms with van der Waals surface area (Å²) in [5, 5.41) is 4.31. The van der Waals surface area contributed by atoms with Crippen LogP contribution < -0.4 is 0 Å². The summed E-state index contributed by atoms with van der Waals surface area (Å²) in [4.78, 5) is 16.0. The molecule has 0 saturated carbocycles. The molecule has 4 heteroatoms. The molecule has 0 radical (unpaired) electrons. The van der Waals surface area contributed by atoms with E-state index in [-0.39, 0.29) is 11.8 Å². The number of carbonyl (C=O) groups excluding carboxylic acids is 1. The van der Waals surface area contributed by atoms with Crippen LogP contribution in [0.25, 0.3) is 0 Å². The van der Waals surface area contributed by atoms with Crippen molar-refractivity contribution in [2.75, 3.05) is 0 Å². The third-order valence-electron chi connectivity index (χ3n) is 2.83. The summed E-state index contributed by atoms with van der Waals surface area (Å²) >= 11 is 0. The van der Waals surface area contributed by atoms with Crippen LogP contribution in [0, 0.1) is 0 Å². The molecule has 0 spiro atoms. The Bertz CT molecular complexity index is 613. The van der Waals surface area contributed by atoms with E-state index in [0.717, 1.165) is 5.69 Å². The summed E-state index contributed by atoms with van der Waals surface area (Å²) in [6, 6.07) is 5.22. The van der Waals surface area contributed by atoms with Gasteiger partial charge in [0.15, 0.2) is 0 Å². The predicted octanol–water partition coefficient (Wildman–Crippen LogP) is 2.18. The number of nitrogens with zero attached hydrogens (tertiary/aromatic N) is 3. The fourth-order valence-corrected chi connectivity index (χ4v) is 1.88. The summed E-state index contributed by atoms with van der Waals surface area (Å²) in [5.41, 5.74) is 1.46. The van der Waals surface area contributed by atoms with Crippen LogP contribution in [0.1, 0.15) is 22.0 Å². The maximum atomic E-state index is 12.1. The summed E-state index contributed by atoms with van der Waals surface area (Å²) in [6.45, 7) is 0. The smallest absolute Gasteiger partial charge is 0.267 e. The molecule has 0 aliphatic heterocycles. The Labute approximate surface area is 104 Å². The number of carbonyl (C=O) groups is 1. The van der Waals surface area contributed by atoms with Gasteiger partial charge in [0.25, 0.3) is 5.91 Å². The predicted molar refractivity (Wildman–Crippen MR) is 67.2 cm³/mol. The highest BCUT2D eigenvalue weighted by atomic mass is 16.2. The number of rotatable bonds is 2. The van der Waals surface area contributed by atoms with Gasteiger partial charge in [-0.25, -0.2) is 4.68 Å². The second-order valence-corrected chi connectivity index (χ2v) is 4.02. The third kappa shape index (κ3) is 1.88. The van der Waals surface area contributed by atoms with Gasteiger partial charge in [0, 0.05) is 30.1 Å². The highest BCUT2D eigenvalue weighted by molar-refractivity contribution is 5.95. The molecular formula is C14H11N3O. The minimum absolute atomic E-state index is 0.144. The Kier molecular flexibility index (Phi) is 2.61. The average Bonchev–Trinajstić information content (AvgIpc) is 3.09. The SMILES string of the molecule is O=C(c1ccncc1)n1ccc(C2C=CC=C2)n1. The molecule has 0 N–H and O–H groups in total. The number of allylic oxidation sites excluding steroid dienone is 4. The maximum absolute atomic E-state index is 12.1. The lowest BCUT2D eigenvalue weighted by molar-refractivity contribution is 0.0944. The van der Waals surface area contributed by atoms with Crippen LogP contribution in [0.2, 0.25) is 0 Å². The molecule has 18 heavy (non-hydrogen) atoms. The van der Waals surface area contributed by atoms with Crippen molar-refractivity contribution in [2.45, 2.75) is 5.92 Å². The van der Waals surface area contributed by atoms with Gasteiger partial charge in [0.2, 0.25) is 0 Å². The van der Waals surface area contributed by atoms with Crippen molar-refractivity contribution in [3.05, 3.63) is 72.4 Å². The van der Waals surface area contributed by atoms with Gasteiger partial charge in [-0.1, -0.05) is 24.3 Å². The van der Waals surface area contributed by atoms with E-state index in [4.69, 9.17) is 0 Å². The first-order valence-electron chi connectivity index (χ1n) is 5.70. The van der Waals surface area contributed by atoms with E-state index >= 15 is 0 Å². The van der Waals surface area contributed by atoms with Gasteiger partial charge in [-0.2, -0.15) is 5.10 Å². The topological polar surface area (TPSA) is 47.8 Å². The van der Waals surface area contributed by atoms with E-state index in [1.165, 1.54) is 4.68 Å². The molecule has 0 fully saturated rings. The number of aromatic nitrogens is 3. The van der Waals surface area contributed by atoms with Gasteiger partial charge in [-0.15, -0.1) is 0 Å². The first-order valence-corrected chi connectivity index (χ1v) is 5.70. The lowest BCUT2D eigenvalue weighted by atomic mass is 10.1. The van der Waals surface area contributed by atoms with E-state index in [2.05, 4.69) is 10.1 Å². The molecule has 88 valence electrons. The second-order valence-electron chi connectivity index (χ2n) is 4.02. The van der Waals surface area contributed by atoms with E-state index in [9.17, 15) is 4.79 Å². The zero-order valence-electron chi connectivity index (χ0n) is 9.60. The molecule has 1 aliphatic carbocycles. The molecule has 4 nitrogen and oxygen atoms in total. The summed E-state index contributed by atoms with van der Waals surface area (Å²) < 4.78 is 1.37. The van der Waals surface area contributed by atoms with Crippen LogP contribution in [-0.2, 0) is 0 Å². The van der Waals surface area contributed by atoms with Crippen molar-refractivity contribution in [3.63, 3.8) is 0 Å². The molecule has 0 bridgehead atoms. The van der Waals surface area contributed by atoms with Gasteiger partial charge in [0.1, 0.15) is 0 Å². The number of hydrogen-bond acceptors (Lipinski definition) is 3. The first kappa shape index (κ1) is 10.7. The molecule has 2 aromatic heterocycles. The first-order chi connectivity index (χ1) is 8.84. The standard InChI is InChI=1S/C14H11N3O/c18-14(12-5-8-15-9-6-12)17-10-7-13(16-17)11-3-1-2-4-11/h1-11H. The fourth-order valence-electron chi connectivity index (χ4n) is 1.88. The van der Waals surface area contributed by atoms with Crippen molar-refractivity contribution in [1.29, 1.82) is 0 Å². The highest BCUT2D eigenvalue weighted by Crippen LogP contribution is 2.20. The highest BCUT2D eigenvalue weighted by Gasteiger charge is 2.14. The Morgan fingerprint density at radius 3 is 2.56 bits per heavy atom. The van der Waals surface area contributed by atoms with Crippen molar-refractivity contribution < 1.29 is 4.79 Å². The zero-order valence-corrected chi connectivity index (χ0v) is 9.60. The Hall–Kier alpha value is -2.49. The van der Waals surface area contributed by atoms with Crippen molar-refractivity contribution >= 4 is 5.91 Å². The Morgan fingerprint density at radius 2 is 1.83 bits per heavy atom. The summed E-state index contributed by atoms with van der Waals surface area (Å²) in [5.74, 6) is 0.0334. The van der Waals surface area contributed by atoms with Gasteiger partial charge in [0.05, 0.1) is 5.69 Å². The molecular weight excluding hydrogens is 226 g/mol. The van der Waals surface area contributed by atoms with Gasteiger partial charge in [-0.3, -0.25) is 9.78 Å². The minimum Gasteiger partial charge on any atom is -0.267 e. The fraction of sp³-hybridized carbons (Fsp3) is 0.0714. The minimum atomic E-state index is -0.144. The quantitative estimate of drug-likeness (QED) is 0.804. The molecule has 0 aromatic carbocycles. The molecule has 1 aliphatic rings. The van der Waals surface area contributed by atoms with Crippen LogP contribution in [0.3, 0.4) is 0 Å². The molecule has 0 amide bonds. The molecule has 0 saturated heterocycles. The monoisotopic (exact) mass is 237 g/mol. The van der Waals surface area contributed by atoms with Crippen LogP contribution in [-0.4, -0.2) is 20.7 Å². The molecule has 2 aromatic rings. The van der Waals surface area contributed by atoms with Crippen molar-refractivity contribution in [3.8, 4) is 0 Å². The summed E-state index contributed by atoms with van der Waals surface area (Å²) in [7, 11) is 0. The molecule has 2 heterocycles. The van der Waals surface area contributed by atoms with Crippen LogP contribution in [0.5, 0.6) is 0 Å².